The second kappa shape index (κ2) is 26.2. The minimum Gasteiger partial charge on any atom is -0.493 e. The second-order valence-corrected chi connectivity index (χ2v) is 15.8. The molecule has 71 heavy (non-hydrogen) atoms. The highest BCUT2D eigenvalue weighted by Crippen LogP contribution is 2.48. The van der Waals surface area contributed by atoms with Crippen LogP contribution in [-0.2, 0) is 98.6 Å². The normalized spacial score (nSPS) is 23.5. The van der Waals surface area contributed by atoms with Crippen molar-refractivity contribution in [2.75, 3.05) is 41.7 Å². The van der Waals surface area contributed by atoms with Crippen LogP contribution in [-0.4, -0.2) is 151 Å². The Hall–Kier alpha value is -7.08. The molecule has 0 aliphatic carbocycles. The molecule has 0 radical (unpaired) electrons. The fourth-order valence-corrected chi connectivity index (χ4v) is 7.79. The SMILES string of the molecule is COc1cc(CCCc2cc(O[C@@H]3O[C@H](COC(C)=O)[C@@H](OC(C)=O)[C@H](OC(C)=O)[C@H]3OC(C)=O)c(OC)c(OC)c2OC)ccc1O[C@@H]1O[C@H](COC(C)=O)[C@@H](OC(C)=O)[C@H](OC(C)=O)[C@H]1OC(C)=O. The molecule has 2 fully saturated rings. The molecule has 2 aromatic carbocycles. The first kappa shape index (κ1) is 56.5. The maximum Gasteiger partial charge on any atom is 0.303 e. The molecule has 0 N–H and O–H groups in total. The number of hydrogen-bond acceptors (Lipinski definition) is 24. The molecule has 2 aliphatic heterocycles. The minimum absolute atomic E-state index is 0.00794. The van der Waals surface area contributed by atoms with Crippen LogP contribution < -0.4 is 28.4 Å². The Labute approximate surface area is 408 Å². The summed E-state index contributed by atoms with van der Waals surface area (Å²) in [4.78, 5) is 97.7. The molecule has 2 saturated heterocycles. The van der Waals surface area contributed by atoms with Crippen LogP contribution >= 0.6 is 0 Å². The number of esters is 8. The average Bonchev–Trinajstić information content (AvgIpc) is 3.28. The zero-order valence-corrected chi connectivity index (χ0v) is 41.4. The maximum absolute atomic E-state index is 12.5. The third kappa shape index (κ3) is 15.7. The van der Waals surface area contributed by atoms with E-state index in [1.807, 2.05) is 0 Å². The van der Waals surface area contributed by atoms with Crippen molar-refractivity contribution < 1.29 is 114 Å². The van der Waals surface area contributed by atoms with Crippen molar-refractivity contribution in [1.82, 2.24) is 0 Å². The van der Waals surface area contributed by atoms with Crippen molar-refractivity contribution in [3.05, 3.63) is 35.4 Å². The van der Waals surface area contributed by atoms with Gasteiger partial charge in [0.1, 0.15) is 25.4 Å². The van der Waals surface area contributed by atoms with E-state index in [-0.39, 0.29) is 34.5 Å². The second-order valence-electron chi connectivity index (χ2n) is 15.8. The van der Waals surface area contributed by atoms with Crippen LogP contribution in [0, 0.1) is 0 Å². The van der Waals surface area contributed by atoms with Crippen LogP contribution in [0.25, 0.3) is 0 Å². The average molecular weight is 1010 g/mol. The number of carbonyl (C=O) groups excluding carboxylic acids is 8. The Bertz CT molecular complexity index is 2240. The van der Waals surface area contributed by atoms with Crippen LogP contribution in [0.5, 0.6) is 34.5 Å². The van der Waals surface area contributed by atoms with Gasteiger partial charge in [-0.25, -0.2) is 0 Å². The molecule has 0 saturated carbocycles. The summed E-state index contributed by atoms with van der Waals surface area (Å²) in [6.45, 7) is 7.97. The molecule has 0 amide bonds. The number of carbonyl (C=O) groups is 8. The van der Waals surface area contributed by atoms with Gasteiger partial charge in [-0.3, -0.25) is 38.4 Å². The molecule has 392 valence electrons. The summed E-state index contributed by atoms with van der Waals surface area (Å²) in [5, 5.41) is 0. The largest absolute Gasteiger partial charge is 0.493 e. The highest BCUT2D eigenvalue weighted by Gasteiger charge is 2.55. The quantitative estimate of drug-likeness (QED) is 0.121. The van der Waals surface area contributed by atoms with Gasteiger partial charge in [0.05, 0.1) is 28.4 Å². The van der Waals surface area contributed by atoms with Crippen LogP contribution in [0.2, 0.25) is 0 Å². The zero-order valence-electron chi connectivity index (χ0n) is 41.4. The summed E-state index contributed by atoms with van der Waals surface area (Å²) in [6.07, 6.45) is -13.3. The van der Waals surface area contributed by atoms with E-state index in [9.17, 15) is 38.4 Å². The Morgan fingerprint density at radius 3 is 1.23 bits per heavy atom. The van der Waals surface area contributed by atoms with Crippen molar-refractivity contribution in [1.29, 1.82) is 0 Å². The highest BCUT2D eigenvalue weighted by atomic mass is 16.8. The molecule has 2 aromatic rings. The number of ether oxygens (including phenoxy) is 16. The number of methoxy groups -OCH3 is 4. The highest BCUT2D eigenvalue weighted by molar-refractivity contribution is 5.70. The van der Waals surface area contributed by atoms with Gasteiger partial charge in [-0.2, -0.15) is 0 Å². The maximum atomic E-state index is 12.5. The van der Waals surface area contributed by atoms with E-state index >= 15 is 0 Å². The number of hydrogen-bond donors (Lipinski definition) is 0. The lowest BCUT2D eigenvalue weighted by Crippen LogP contribution is -2.63. The molecule has 0 bridgehead atoms. The monoisotopic (exact) mass is 1010 g/mol. The standard InChI is InChI=1S/C47H60O24/c1-22(48)60-20-35-39(62-24(3)50)42(64-26(5)52)44(66-28(7)54)46(70-35)68-32-17-16-30(18-33(32)56-9)14-13-15-31-19-34(38(58-11)41(59-12)37(31)57-10)69-47-45(67-29(8)55)43(65-27(6)53)40(63-25(4)51)36(71-47)21-61-23(2)49/h16-19,35-36,39-40,42-47H,13-15,20-21H2,1-12H3/t35-,36-,39-,40-,42+,43+,44-,45-,46-,47-/m1/s1. The van der Waals surface area contributed by atoms with Gasteiger partial charge in [-0.05, 0) is 43.0 Å². The van der Waals surface area contributed by atoms with E-state index in [2.05, 4.69) is 0 Å². The van der Waals surface area contributed by atoms with Crippen LogP contribution in [0.15, 0.2) is 24.3 Å². The molecule has 2 heterocycles. The molecular weight excluding hydrogens is 948 g/mol. The molecule has 0 spiro atoms. The molecule has 2 aliphatic rings. The lowest BCUT2D eigenvalue weighted by atomic mass is 9.98. The Balaban J connectivity index is 1.67. The fraction of sp³-hybridized carbons (Fsp3) is 0.574. The van der Waals surface area contributed by atoms with Crippen LogP contribution in [0.4, 0.5) is 0 Å². The molecule has 0 aromatic heterocycles. The van der Waals surface area contributed by atoms with Gasteiger partial charge in [0.15, 0.2) is 47.4 Å². The Morgan fingerprint density at radius 1 is 0.423 bits per heavy atom. The van der Waals surface area contributed by atoms with E-state index in [1.54, 1.807) is 24.3 Å². The molecule has 24 nitrogen and oxygen atoms in total. The summed E-state index contributed by atoms with van der Waals surface area (Å²) in [7, 11) is 5.53. The van der Waals surface area contributed by atoms with E-state index in [1.165, 1.54) is 28.4 Å². The molecule has 4 rings (SSSR count). The molecular formula is C47H60O24. The summed E-state index contributed by atoms with van der Waals surface area (Å²) >= 11 is 0. The van der Waals surface area contributed by atoms with Gasteiger partial charge in [-0.15, -0.1) is 0 Å². The third-order valence-corrected chi connectivity index (χ3v) is 10.4. The predicted octanol–water partition coefficient (Wildman–Crippen LogP) is 2.82. The van der Waals surface area contributed by atoms with Gasteiger partial charge in [0.2, 0.25) is 36.3 Å². The van der Waals surface area contributed by atoms with Crippen molar-refractivity contribution in [2.24, 2.45) is 0 Å². The molecule has 10 atom stereocenters. The van der Waals surface area contributed by atoms with Crippen molar-refractivity contribution in [3.8, 4) is 34.5 Å². The summed E-state index contributed by atoms with van der Waals surface area (Å²) in [5.41, 5.74) is 1.30. The van der Waals surface area contributed by atoms with Gasteiger partial charge in [-0.1, -0.05) is 6.07 Å². The Kier molecular flexibility index (Phi) is 20.9. The van der Waals surface area contributed by atoms with Crippen LogP contribution in [0.3, 0.4) is 0 Å². The van der Waals surface area contributed by atoms with Crippen LogP contribution in [0.1, 0.15) is 72.9 Å². The van der Waals surface area contributed by atoms with Gasteiger partial charge in [0.25, 0.3) is 0 Å². The summed E-state index contributed by atoms with van der Waals surface area (Å²) in [6, 6.07) is 6.57. The first-order valence-electron chi connectivity index (χ1n) is 22.0. The lowest BCUT2D eigenvalue weighted by Gasteiger charge is -2.44. The lowest BCUT2D eigenvalue weighted by molar-refractivity contribution is -0.288. The van der Waals surface area contributed by atoms with E-state index < -0.39 is 122 Å². The summed E-state index contributed by atoms with van der Waals surface area (Å²) in [5.74, 6) is -5.54. The van der Waals surface area contributed by atoms with E-state index in [0.29, 0.717) is 24.8 Å². The fourth-order valence-electron chi connectivity index (χ4n) is 7.79. The van der Waals surface area contributed by atoms with E-state index in [0.717, 1.165) is 61.0 Å². The predicted molar refractivity (Wildman–Crippen MR) is 236 cm³/mol. The molecule has 0 unspecified atom stereocenters. The zero-order chi connectivity index (χ0) is 52.7. The van der Waals surface area contributed by atoms with Crippen molar-refractivity contribution in [3.63, 3.8) is 0 Å². The number of benzene rings is 2. The number of rotatable bonds is 22. The van der Waals surface area contributed by atoms with Gasteiger partial charge >= 0.3 is 47.8 Å². The van der Waals surface area contributed by atoms with Crippen molar-refractivity contribution >= 4 is 47.8 Å². The van der Waals surface area contributed by atoms with E-state index in [4.69, 9.17) is 75.8 Å². The minimum atomic E-state index is -1.60. The van der Waals surface area contributed by atoms with Crippen molar-refractivity contribution in [2.45, 2.75) is 136 Å². The number of aryl methyl sites for hydroxylation is 2. The topological polar surface area (TPSA) is 284 Å². The van der Waals surface area contributed by atoms with Gasteiger partial charge < -0.3 is 75.8 Å². The summed E-state index contributed by atoms with van der Waals surface area (Å²) < 4.78 is 91.3. The molecule has 24 heteroatoms. The first-order chi connectivity index (χ1) is 33.6. The first-order valence-corrected chi connectivity index (χ1v) is 22.0. The van der Waals surface area contributed by atoms with Gasteiger partial charge in [0, 0.05) is 61.0 Å². The smallest absolute Gasteiger partial charge is 0.303 e. The Morgan fingerprint density at radius 2 is 0.831 bits per heavy atom. The third-order valence-electron chi connectivity index (χ3n) is 10.4.